The van der Waals surface area contributed by atoms with Gasteiger partial charge < -0.3 is 14.6 Å². The molecule has 122 valence electrons. The summed E-state index contributed by atoms with van der Waals surface area (Å²) in [4.78, 5) is 33.6. The molecule has 3 heterocycles. The van der Waals surface area contributed by atoms with Gasteiger partial charge in [0.05, 0.1) is 23.7 Å². The number of aromatic amines is 1. The van der Waals surface area contributed by atoms with E-state index in [0.29, 0.717) is 22.3 Å². The zero-order valence-corrected chi connectivity index (χ0v) is 13.7. The fourth-order valence-corrected chi connectivity index (χ4v) is 2.91. The summed E-state index contributed by atoms with van der Waals surface area (Å²) in [6, 6.07) is 3.28. The maximum atomic E-state index is 12.7. The van der Waals surface area contributed by atoms with Crippen molar-refractivity contribution < 1.29 is 14.3 Å². The first kappa shape index (κ1) is 15.5. The van der Waals surface area contributed by atoms with Crippen LogP contribution in [0.15, 0.2) is 18.3 Å². The molecule has 0 saturated carbocycles. The molecule has 3 rings (SSSR count). The van der Waals surface area contributed by atoms with E-state index in [4.69, 9.17) is 4.74 Å². The van der Waals surface area contributed by atoms with Gasteiger partial charge in [0.25, 0.3) is 5.91 Å². The molecule has 1 saturated heterocycles. The monoisotopic (exact) mass is 315 g/mol. The molecule has 0 aromatic carbocycles. The second-order valence-corrected chi connectivity index (χ2v) is 6.75. The third-order valence-corrected chi connectivity index (χ3v) is 4.56. The van der Waals surface area contributed by atoms with E-state index in [1.54, 1.807) is 18.3 Å². The summed E-state index contributed by atoms with van der Waals surface area (Å²) in [5.74, 6) is -0.493. The molecule has 0 unspecified atom stereocenters. The number of methoxy groups -OCH3 is 1. The van der Waals surface area contributed by atoms with Gasteiger partial charge >= 0.3 is 5.97 Å². The van der Waals surface area contributed by atoms with E-state index in [0.717, 1.165) is 25.9 Å². The third kappa shape index (κ3) is 2.93. The van der Waals surface area contributed by atoms with Gasteiger partial charge in [0.15, 0.2) is 0 Å². The minimum absolute atomic E-state index is 0.0469. The summed E-state index contributed by atoms with van der Waals surface area (Å²) in [6.45, 7) is 5.95. The van der Waals surface area contributed by atoms with Crippen LogP contribution in [0.25, 0.3) is 11.0 Å². The molecule has 1 aliphatic heterocycles. The Morgan fingerprint density at radius 1 is 1.30 bits per heavy atom. The highest BCUT2D eigenvalue weighted by atomic mass is 16.5. The predicted octanol–water partition coefficient (Wildman–Crippen LogP) is 2.61. The molecular weight excluding hydrogens is 294 g/mol. The smallest absolute Gasteiger partial charge is 0.340 e. The van der Waals surface area contributed by atoms with Crippen molar-refractivity contribution in [1.29, 1.82) is 0 Å². The fraction of sp³-hybridized carbons (Fsp3) is 0.471. The average molecular weight is 315 g/mol. The molecular formula is C17H21N3O3. The number of carbonyl (C=O) groups excluding carboxylic acids is 2. The molecule has 0 spiro atoms. The third-order valence-electron chi connectivity index (χ3n) is 4.56. The molecule has 0 atom stereocenters. The zero-order chi connectivity index (χ0) is 16.6. The van der Waals surface area contributed by atoms with E-state index in [-0.39, 0.29) is 11.3 Å². The van der Waals surface area contributed by atoms with Crippen LogP contribution in [0.1, 0.15) is 47.5 Å². The predicted molar refractivity (Wildman–Crippen MR) is 86.4 cm³/mol. The number of hydrogen-bond donors (Lipinski definition) is 1. The lowest BCUT2D eigenvalue weighted by Gasteiger charge is -2.36. The second-order valence-electron chi connectivity index (χ2n) is 6.75. The summed E-state index contributed by atoms with van der Waals surface area (Å²) < 4.78 is 4.77. The zero-order valence-electron chi connectivity index (χ0n) is 13.7. The van der Waals surface area contributed by atoms with Crippen LogP contribution in [0.4, 0.5) is 0 Å². The standard InChI is InChI=1S/C17H21N3O3/c1-17(2)5-8-20(9-6-17)15(21)13-10-12-14(19-13)11(4-7-18-12)16(22)23-3/h4,7,10,19H,5-6,8-9H2,1-3H3. The van der Waals surface area contributed by atoms with E-state index in [1.807, 2.05) is 4.90 Å². The number of esters is 1. The number of pyridine rings is 1. The molecule has 6 nitrogen and oxygen atoms in total. The van der Waals surface area contributed by atoms with Crippen LogP contribution >= 0.6 is 0 Å². The van der Waals surface area contributed by atoms with Crippen molar-refractivity contribution in [3.8, 4) is 0 Å². The van der Waals surface area contributed by atoms with E-state index in [9.17, 15) is 9.59 Å². The average Bonchev–Trinajstić information content (AvgIpc) is 2.97. The summed E-state index contributed by atoms with van der Waals surface area (Å²) >= 11 is 0. The summed E-state index contributed by atoms with van der Waals surface area (Å²) in [5.41, 5.74) is 2.27. The number of hydrogen-bond acceptors (Lipinski definition) is 4. The van der Waals surface area contributed by atoms with Crippen LogP contribution in [-0.2, 0) is 4.74 Å². The topological polar surface area (TPSA) is 75.3 Å². The number of H-pyrrole nitrogens is 1. The van der Waals surface area contributed by atoms with Gasteiger partial charge in [-0.25, -0.2) is 4.79 Å². The molecule has 0 bridgehead atoms. The van der Waals surface area contributed by atoms with Crippen LogP contribution in [0.5, 0.6) is 0 Å². The van der Waals surface area contributed by atoms with Crippen molar-refractivity contribution in [1.82, 2.24) is 14.9 Å². The quantitative estimate of drug-likeness (QED) is 0.864. The summed E-state index contributed by atoms with van der Waals surface area (Å²) in [6.07, 6.45) is 3.52. The van der Waals surface area contributed by atoms with E-state index in [2.05, 4.69) is 23.8 Å². The Morgan fingerprint density at radius 3 is 2.65 bits per heavy atom. The SMILES string of the molecule is COC(=O)c1ccnc2cc(C(=O)N3CCC(C)(C)CC3)[nH]c12. The maximum Gasteiger partial charge on any atom is 0.340 e. The lowest BCUT2D eigenvalue weighted by Crippen LogP contribution is -2.41. The van der Waals surface area contributed by atoms with E-state index in [1.165, 1.54) is 7.11 Å². The highest BCUT2D eigenvalue weighted by Gasteiger charge is 2.29. The molecule has 1 N–H and O–H groups in total. The fourth-order valence-electron chi connectivity index (χ4n) is 2.91. The number of carbonyl (C=O) groups is 2. The minimum atomic E-state index is -0.446. The first-order valence-corrected chi connectivity index (χ1v) is 7.76. The van der Waals surface area contributed by atoms with Gasteiger partial charge in [0, 0.05) is 19.3 Å². The van der Waals surface area contributed by atoms with Crippen LogP contribution in [0.2, 0.25) is 0 Å². The van der Waals surface area contributed by atoms with Crippen LogP contribution < -0.4 is 0 Å². The normalized spacial score (nSPS) is 17.3. The van der Waals surface area contributed by atoms with Gasteiger partial charge in [0.1, 0.15) is 5.69 Å². The van der Waals surface area contributed by atoms with E-state index >= 15 is 0 Å². The van der Waals surface area contributed by atoms with Crippen molar-refractivity contribution in [2.24, 2.45) is 5.41 Å². The Balaban J connectivity index is 1.89. The van der Waals surface area contributed by atoms with E-state index < -0.39 is 5.97 Å². The first-order valence-electron chi connectivity index (χ1n) is 7.76. The number of fused-ring (bicyclic) bond motifs is 1. The molecule has 23 heavy (non-hydrogen) atoms. The lowest BCUT2D eigenvalue weighted by atomic mass is 9.82. The van der Waals surface area contributed by atoms with Gasteiger partial charge in [-0.3, -0.25) is 9.78 Å². The van der Waals surface area contributed by atoms with Gasteiger partial charge in [-0.05, 0) is 30.4 Å². The van der Waals surface area contributed by atoms with Gasteiger partial charge in [-0.15, -0.1) is 0 Å². The molecule has 0 aliphatic carbocycles. The Labute approximate surface area is 134 Å². The van der Waals surface area contributed by atoms with Gasteiger partial charge in [-0.1, -0.05) is 13.8 Å². The number of likely N-dealkylation sites (tertiary alicyclic amines) is 1. The largest absolute Gasteiger partial charge is 0.465 e. The molecule has 2 aromatic rings. The van der Waals surface area contributed by atoms with Gasteiger partial charge in [-0.2, -0.15) is 0 Å². The number of nitrogens with zero attached hydrogens (tertiary/aromatic N) is 2. The Kier molecular flexibility index (Phi) is 3.83. The van der Waals surface area contributed by atoms with Crippen LogP contribution in [0.3, 0.4) is 0 Å². The number of amides is 1. The van der Waals surface area contributed by atoms with Crippen LogP contribution in [0, 0.1) is 5.41 Å². The molecule has 6 heteroatoms. The summed E-state index contributed by atoms with van der Waals surface area (Å²) in [7, 11) is 1.33. The Morgan fingerprint density at radius 2 is 2.00 bits per heavy atom. The number of rotatable bonds is 2. The molecule has 0 radical (unpaired) electrons. The van der Waals surface area contributed by atoms with Crippen molar-refractivity contribution in [3.63, 3.8) is 0 Å². The molecule has 1 amide bonds. The second kappa shape index (κ2) is 5.68. The van der Waals surface area contributed by atoms with Gasteiger partial charge in [0.2, 0.25) is 0 Å². The van der Waals surface area contributed by atoms with Crippen molar-refractivity contribution in [2.75, 3.05) is 20.2 Å². The minimum Gasteiger partial charge on any atom is -0.465 e. The number of piperidine rings is 1. The Bertz CT molecular complexity index is 754. The van der Waals surface area contributed by atoms with Crippen molar-refractivity contribution >= 4 is 22.9 Å². The number of nitrogens with one attached hydrogen (secondary N) is 1. The lowest BCUT2D eigenvalue weighted by molar-refractivity contribution is 0.0598. The van der Waals surface area contributed by atoms with Crippen molar-refractivity contribution in [2.45, 2.75) is 26.7 Å². The highest BCUT2D eigenvalue weighted by Crippen LogP contribution is 2.30. The summed E-state index contributed by atoms with van der Waals surface area (Å²) in [5, 5.41) is 0. The molecule has 1 aliphatic rings. The number of aromatic nitrogens is 2. The first-order chi connectivity index (χ1) is 10.9. The van der Waals surface area contributed by atoms with Crippen LogP contribution in [-0.4, -0.2) is 46.9 Å². The number of ether oxygens (including phenoxy) is 1. The van der Waals surface area contributed by atoms with Crippen molar-refractivity contribution in [3.05, 3.63) is 29.6 Å². The molecule has 1 fully saturated rings. The maximum absolute atomic E-state index is 12.7. The molecule has 2 aromatic heterocycles. The Hall–Kier alpha value is -2.37. The highest BCUT2D eigenvalue weighted by molar-refractivity contribution is 6.05.